The number of hydrogen-bond donors (Lipinski definition) is 1. The van der Waals surface area contributed by atoms with Crippen molar-refractivity contribution in [1.29, 1.82) is 0 Å². The maximum atomic E-state index is 9.33. The maximum absolute atomic E-state index is 9.33. The first-order valence-corrected chi connectivity index (χ1v) is 4.01. The average molecular weight is 176 g/mol. The molecule has 13 heavy (non-hydrogen) atoms. The summed E-state index contributed by atoms with van der Waals surface area (Å²) >= 11 is 0. The van der Waals surface area contributed by atoms with Crippen molar-refractivity contribution in [3.63, 3.8) is 0 Å². The molecule has 0 aliphatic heterocycles. The molecular formula is C10H12N2O. The lowest BCUT2D eigenvalue weighted by Crippen LogP contribution is -2.14. The summed E-state index contributed by atoms with van der Waals surface area (Å²) < 4.78 is 0. The summed E-state index contributed by atoms with van der Waals surface area (Å²) in [5.74, 6) is 5.45. The highest BCUT2D eigenvalue weighted by Crippen LogP contribution is 1.99. The predicted octanol–water partition coefficient (Wildman–Crippen LogP) is 0.907. The highest BCUT2D eigenvalue weighted by Gasteiger charge is 2.05. The Hall–Kier alpha value is -1.40. The first-order chi connectivity index (χ1) is 5.97. The van der Waals surface area contributed by atoms with E-state index in [1.54, 1.807) is 19.9 Å². The van der Waals surface area contributed by atoms with Gasteiger partial charge in [0.1, 0.15) is 17.6 Å². The van der Waals surface area contributed by atoms with Gasteiger partial charge in [0, 0.05) is 5.69 Å². The van der Waals surface area contributed by atoms with Gasteiger partial charge >= 0.3 is 0 Å². The number of rotatable bonds is 0. The van der Waals surface area contributed by atoms with Crippen LogP contribution in [-0.4, -0.2) is 20.7 Å². The van der Waals surface area contributed by atoms with Crippen LogP contribution in [0.4, 0.5) is 0 Å². The highest BCUT2D eigenvalue weighted by atomic mass is 16.3. The van der Waals surface area contributed by atoms with Gasteiger partial charge in [-0.05, 0) is 32.8 Å². The molecule has 0 radical (unpaired) electrons. The number of aliphatic hydroxyl groups is 1. The van der Waals surface area contributed by atoms with E-state index in [-0.39, 0.29) is 0 Å². The van der Waals surface area contributed by atoms with E-state index in [1.165, 1.54) is 6.33 Å². The first kappa shape index (κ1) is 9.69. The zero-order valence-corrected chi connectivity index (χ0v) is 8.00. The SMILES string of the molecule is Cc1cc(C#CC(C)(C)O)ncn1. The molecule has 0 aromatic carbocycles. The molecule has 0 saturated carbocycles. The number of aryl methyl sites for hydroxylation is 1. The minimum absolute atomic E-state index is 0.634. The molecule has 0 fully saturated rings. The molecule has 68 valence electrons. The van der Waals surface area contributed by atoms with Crippen molar-refractivity contribution in [2.24, 2.45) is 0 Å². The Bertz CT molecular complexity index is 355. The molecule has 0 amide bonds. The first-order valence-electron chi connectivity index (χ1n) is 4.01. The molecule has 3 nitrogen and oxygen atoms in total. The second kappa shape index (κ2) is 3.55. The fraction of sp³-hybridized carbons (Fsp3) is 0.400. The van der Waals surface area contributed by atoms with Crippen molar-refractivity contribution in [3.05, 3.63) is 23.8 Å². The summed E-state index contributed by atoms with van der Waals surface area (Å²) in [6.45, 7) is 5.14. The minimum Gasteiger partial charge on any atom is -0.378 e. The largest absolute Gasteiger partial charge is 0.378 e. The van der Waals surface area contributed by atoms with Gasteiger partial charge < -0.3 is 5.11 Å². The van der Waals surface area contributed by atoms with Crippen LogP contribution >= 0.6 is 0 Å². The molecule has 0 bridgehead atoms. The van der Waals surface area contributed by atoms with Crippen LogP contribution in [0, 0.1) is 18.8 Å². The van der Waals surface area contributed by atoms with Gasteiger partial charge in [0.05, 0.1) is 0 Å². The predicted molar refractivity (Wildman–Crippen MR) is 49.9 cm³/mol. The third-order valence-corrected chi connectivity index (χ3v) is 1.30. The van der Waals surface area contributed by atoms with Gasteiger partial charge in [-0.1, -0.05) is 5.92 Å². The number of nitrogens with zero attached hydrogens (tertiary/aromatic N) is 2. The van der Waals surface area contributed by atoms with E-state index in [0.29, 0.717) is 5.69 Å². The summed E-state index contributed by atoms with van der Waals surface area (Å²) in [4.78, 5) is 7.89. The molecule has 1 aromatic heterocycles. The van der Waals surface area contributed by atoms with E-state index in [2.05, 4.69) is 21.8 Å². The molecular weight excluding hydrogens is 164 g/mol. The van der Waals surface area contributed by atoms with Crippen LogP contribution in [0.1, 0.15) is 25.2 Å². The van der Waals surface area contributed by atoms with Gasteiger partial charge in [-0.15, -0.1) is 0 Å². The Morgan fingerprint density at radius 3 is 2.62 bits per heavy atom. The fourth-order valence-electron chi connectivity index (χ4n) is 0.740. The third-order valence-electron chi connectivity index (χ3n) is 1.30. The van der Waals surface area contributed by atoms with Crippen LogP contribution in [0.25, 0.3) is 0 Å². The molecule has 0 aliphatic rings. The third kappa shape index (κ3) is 3.68. The zero-order valence-electron chi connectivity index (χ0n) is 8.00. The molecule has 1 aromatic rings. The standard InChI is InChI=1S/C10H12N2O/c1-8-6-9(12-7-11-8)4-5-10(2,3)13/h6-7,13H,1-3H3. The second-order valence-corrected chi connectivity index (χ2v) is 3.35. The van der Waals surface area contributed by atoms with Crippen molar-refractivity contribution in [3.8, 4) is 11.8 Å². The molecule has 1 N–H and O–H groups in total. The van der Waals surface area contributed by atoms with Crippen LogP contribution in [-0.2, 0) is 0 Å². The summed E-state index contributed by atoms with van der Waals surface area (Å²) in [5.41, 5.74) is 0.531. The highest BCUT2D eigenvalue weighted by molar-refractivity contribution is 5.30. The van der Waals surface area contributed by atoms with Gasteiger partial charge in [0.25, 0.3) is 0 Å². The van der Waals surface area contributed by atoms with Gasteiger partial charge in [0.2, 0.25) is 0 Å². The van der Waals surface area contributed by atoms with Crippen LogP contribution in [0.15, 0.2) is 12.4 Å². The van der Waals surface area contributed by atoms with Gasteiger partial charge in [0.15, 0.2) is 0 Å². The normalized spacial score (nSPS) is 10.5. The maximum Gasteiger partial charge on any atom is 0.120 e. The Labute approximate surface area is 77.9 Å². The number of hydrogen-bond acceptors (Lipinski definition) is 3. The van der Waals surface area contributed by atoms with Crippen molar-refractivity contribution in [2.75, 3.05) is 0 Å². The van der Waals surface area contributed by atoms with Crippen molar-refractivity contribution in [1.82, 2.24) is 9.97 Å². The smallest absolute Gasteiger partial charge is 0.120 e. The Morgan fingerprint density at radius 1 is 1.38 bits per heavy atom. The molecule has 0 aliphatic carbocycles. The number of aromatic nitrogens is 2. The van der Waals surface area contributed by atoms with Gasteiger partial charge in [-0.2, -0.15) is 0 Å². The van der Waals surface area contributed by atoms with Crippen LogP contribution in [0.5, 0.6) is 0 Å². The fourth-order valence-corrected chi connectivity index (χ4v) is 0.740. The topological polar surface area (TPSA) is 46.0 Å². The quantitative estimate of drug-likeness (QED) is 0.597. The van der Waals surface area contributed by atoms with Crippen LogP contribution in [0.2, 0.25) is 0 Å². The summed E-state index contributed by atoms with van der Waals surface area (Å²) in [5, 5.41) is 9.33. The lowest BCUT2D eigenvalue weighted by atomic mass is 10.1. The molecule has 0 unspecified atom stereocenters. The molecule has 0 spiro atoms. The summed E-state index contributed by atoms with van der Waals surface area (Å²) in [6, 6.07) is 1.78. The molecule has 1 heterocycles. The molecule has 0 atom stereocenters. The Morgan fingerprint density at radius 2 is 2.08 bits per heavy atom. The van der Waals surface area contributed by atoms with E-state index >= 15 is 0 Å². The average Bonchev–Trinajstić information content (AvgIpc) is 2.00. The summed E-state index contributed by atoms with van der Waals surface area (Å²) in [6.07, 6.45) is 1.46. The van der Waals surface area contributed by atoms with E-state index in [4.69, 9.17) is 0 Å². The van der Waals surface area contributed by atoms with Crippen molar-refractivity contribution >= 4 is 0 Å². The van der Waals surface area contributed by atoms with E-state index in [0.717, 1.165) is 5.69 Å². The second-order valence-electron chi connectivity index (χ2n) is 3.35. The summed E-state index contributed by atoms with van der Waals surface area (Å²) in [7, 11) is 0. The van der Waals surface area contributed by atoms with E-state index in [1.807, 2.05) is 6.92 Å². The molecule has 0 saturated heterocycles. The molecule has 3 heteroatoms. The lowest BCUT2D eigenvalue weighted by Gasteiger charge is -2.05. The van der Waals surface area contributed by atoms with Crippen LogP contribution in [0.3, 0.4) is 0 Å². The van der Waals surface area contributed by atoms with Gasteiger partial charge in [-0.3, -0.25) is 0 Å². The van der Waals surface area contributed by atoms with E-state index < -0.39 is 5.60 Å². The van der Waals surface area contributed by atoms with Crippen molar-refractivity contribution < 1.29 is 5.11 Å². The minimum atomic E-state index is -0.973. The van der Waals surface area contributed by atoms with Gasteiger partial charge in [-0.25, -0.2) is 9.97 Å². The van der Waals surface area contributed by atoms with Crippen LogP contribution < -0.4 is 0 Å². The van der Waals surface area contributed by atoms with Crippen molar-refractivity contribution in [2.45, 2.75) is 26.4 Å². The zero-order chi connectivity index (χ0) is 9.90. The van der Waals surface area contributed by atoms with E-state index in [9.17, 15) is 5.11 Å². The Kier molecular flexibility index (Phi) is 2.64. The lowest BCUT2D eigenvalue weighted by molar-refractivity contribution is 0.143. The Balaban J connectivity index is 2.90. The monoisotopic (exact) mass is 176 g/mol. The molecule has 1 rings (SSSR count).